The fourth-order valence-corrected chi connectivity index (χ4v) is 4.04. The second-order valence-electron chi connectivity index (χ2n) is 5.43. The van der Waals surface area contributed by atoms with Crippen molar-refractivity contribution in [2.24, 2.45) is 7.05 Å². The van der Waals surface area contributed by atoms with Gasteiger partial charge in [0.2, 0.25) is 0 Å². The summed E-state index contributed by atoms with van der Waals surface area (Å²) in [6.45, 7) is 0. The quantitative estimate of drug-likeness (QED) is 0.941. The minimum absolute atomic E-state index is 0.0462. The molecule has 4 heteroatoms. The molecule has 2 atom stereocenters. The summed E-state index contributed by atoms with van der Waals surface area (Å²) < 4.78 is 1.71. The van der Waals surface area contributed by atoms with E-state index < -0.39 is 0 Å². The highest BCUT2D eigenvalue weighted by Gasteiger charge is 2.26. The molecule has 0 aliphatic heterocycles. The topological polar surface area (TPSA) is 34.0 Å². The molecule has 1 aliphatic carbocycles. The molecular weight excluding hydrogens is 268 g/mol. The lowest BCUT2D eigenvalue weighted by atomic mass is 10.1. The third-order valence-corrected chi connectivity index (χ3v) is 5.42. The van der Waals surface area contributed by atoms with Gasteiger partial charge in [0.15, 0.2) is 0 Å². The SMILES string of the molecule is CSC1CCCC1Nc1cc(=O)n(C)c2ccccc12. The van der Waals surface area contributed by atoms with Gasteiger partial charge in [-0.3, -0.25) is 4.79 Å². The summed E-state index contributed by atoms with van der Waals surface area (Å²) in [6.07, 6.45) is 5.90. The number of thioether (sulfide) groups is 1. The van der Waals surface area contributed by atoms with Gasteiger partial charge < -0.3 is 9.88 Å². The normalized spacial score (nSPS) is 22.3. The highest BCUT2D eigenvalue weighted by molar-refractivity contribution is 7.99. The van der Waals surface area contributed by atoms with E-state index >= 15 is 0 Å². The molecule has 3 rings (SSSR count). The van der Waals surface area contributed by atoms with Crippen molar-refractivity contribution in [3.8, 4) is 0 Å². The maximum absolute atomic E-state index is 12.1. The Morgan fingerprint density at radius 1 is 1.30 bits per heavy atom. The Balaban J connectivity index is 2.03. The number of benzene rings is 1. The lowest BCUT2D eigenvalue weighted by molar-refractivity contribution is 0.768. The zero-order valence-electron chi connectivity index (χ0n) is 11.9. The first-order chi connectivity index (χ1) is 9.70. The fraction of sp³-hybridized carbons (Fsp3) is 0.438. The van der Waals surface area contributed by atoms with E-state index in [1.807, 2.05) is 37.0 Å². The third-order valence-electron chi connectivity index (χ3n) is 4.25. The molecule has 106 valence electrons. The largest absolute Gasteiger partial charge is 0.380 e. The zero-order valence-corrected chi connectivity index (χ0v) is 12.7. The Morgan fingerprint density at radius 3 is 2.90 bits per heavy atom. The summed E-state index contributed by atoms with van der Waals surface area (Å²) in [5.41, 5.74) is 2.01. The molecule has 2 unspecified atom stereocenters. The highest BCUT2D eigenvalue weighted by Crippen LogP contribution is 2.32. The van der Waals surface area contributed by atoms with Gasteiger partial charge in [-0.1, -0.05) is 24.6 Å². The Bertz CT molecular complexity index is 680. The number of hydrogen-bond donors (Lipinski definition) is 1. The van der Waals surface area contributed by atoms with Crippen molar-refractivity contribution in [3.63, 3.8) is 0 Å². The molecule has 1 saturated carbocycles. The smallest absolute Gasteiger partial charge is 0.252 e. The first kappa shape index (κ1) is 13.6. The number of rotatable bonds is 3. The predicted octanol–water partition coefficient (Wildman–Crippen LogP) is 3.23. The van der Waals surface area contributed by atoms with Crippen molar-refractivity contribution in [1.29, 1.82) is 0 Å². The lowest BCUT2D eigenvalue weighted by Crippen LogP contribution is -2.27. The van der Waals surface area contributed by atoms with Gasteiger partial charge in [-0.25, -0.2) is 0 Å². The molecule has 0 saturated heterocycles. The van der Waals surface area contributed by atoms with Crippen LogP contribution in [0.1, 0.15) is 19.3 Å². The standard InChI is InChI=1S/C16H20N2OS/c1-18-14-8-4-3-6-11(14)13(10-16(18)19)17-12-7-5-9-15(12)20-2/h3-4,6,8,10,12,15,17H,5,7,9H2,1-2H3. The molecular formula is C16H20N2OS. The van der Waals surface area contributed by atoms with Gasteiger partial charge in [0.05, 0.1) is 5.52 Å². The van der Waals surface area contributed by atoms with E-state index in [0.29, 0.717) is 11.3 Å². The average Bonchev–Trinajstić information content (AvgIpc) is 2.92. The van der Waals surface area contributed by atoms with Crippen LogP contribution in [0, 0.1) is 0 Å². The molecule has 20 heavy (non-hydrogen) atoms. The van der Waals surface area contributed by atoms with E-state index in [-0.39, 0.29) is 5.56 Å². The Hall–Kier alpha value is -1.42. The average molecular weight is 288 g/mol. The number of anilines is 1. The van der Waals surface area contributed by atoms with Gasteiger partial charge in [-0.05, 0) is 25.2 Å². The Kier molecular flexibility index (Phi) is 3.74. The monoisotopic (exact) mass is 288 g/mol. The third kappa shape index (κ3) is 2.33. The maximum atomic E-state index is 12.1. The summed E-state index contributed by atoms with van der Waals surface area (Å²) in [4.78, 5) is 12.1. The predicted molar refractivity (Wildman–Crippen MR) is 87.8 cm³/mol. The van der Waals surface area contributed by atoms with Crippen molar-refractivity contribution >= 4 is 28.4 Å². The molecule has 1 fully saturated rings. The van der Waals surface area contributed by atoms with Crippen molar-refractivity contribution in [3.05, 3.63) is 40.7 Å². The van der Waals surface area contributed by atoms with Crippen LogP contribution in [-0.2, 0) is 7.05 Å². The number of hydrogen-bond acceptors (Lipinski definition) is 3. The summed E-state index contributed by atoms with van der Waals surface area (Å²) >= 11 is 1.93. The number of aryl methyl sites for hydroxylation is 1. The molecule has 1 N–H and O–H groups in total. The molecule has 3 nitrogen and oxygen atoms in total. The van der Waals surface area contributed by atoms with Crippen LogP contribution in [-0.4, -0.2) is 22.1 Å². The lowest BCUT2D eigenvalue weighted by Gasteiger charge is -2.22. The summed E-state index contributed by atoms with van der Waals surface area (Å²) in [5.74, 6) is 0. The van der Waals surface area contributed by atoms with E-state index in [0.717, 1.165) is 16.6 Å². The van der Waals surface area contributed by atoms with Gasteiger partial charge in [0.1, 0.15) is 0 Å². The number of nitrogens with zero attached hydrogens (tertiary/aromatic N) is 1. The van der Waals surface area contributed by atoms with Gasteiger partial charge in [-0.15, -0.1) is 0 Å². The van der Waals surface area contributed by atoms with Crippen molar-refractivity contribution in [2.75, 3.05) is 11.6 Å². The molecule has 2 aromatic rings. The van der Waals surface area contributed by atoms with E-state index in [9.17, 15) is 4.79 Å². The van der Waals surface area contributed by atoms with Gasteiger partial charge >= 0.3 is 0 Å². The van der Waals surface area contributed by atoms with Gasteiger partial charge in [0.25, 0.3) is 5.56 Å². The van der Waals surface area contributed by atoms with Crippen LogP contribution in [0.2, 0.25) is 0 Å². The number of pyridine rings is 1. The number of aromatic nitrogens is 1. The fourth-order valence-electron chi connectivity index (χ4n) is 3.10. The van der Waals surface area contributed by atoms with Crippen LogP contribution in [0.5, 0.6) is 0 Å². The van der Waals surface area contributed by atoms with Crippen LogP contribution in [0.3, 0.4) is 0 Å². The molecule has 0 radical (unpaired) electrons. The van der Waals surface area contributed by atoms with Crippen LogP contribution >= 0.6 is 11.8 Å². The summed E-state index contributed by atoms with van der Waals surface area (Å²) in [5, 5.41) is 5.40. The van der Waals surface area contributed by atoms with Crippen LogP contribution in [0.15, 0.2) is 35.1 Å². The first-order valence-electron chi connectivity index (χ1n) is 7.09. The Labute approximate surface area is 123 Å². The molecule has 1 aliphatic rings. The van der Waals surface area contributed by atoms with Crippen LogP contribution < -0.4 is 10.9 Å². The van der Waals surface area contributed by atoms with E-state index in [1.165, 1.54) is 19.3 Å². The molecule has 0 bridgehead atoms. The van der Waals surface area contributed by atoms with Crippen molar-refractivity contribution in [2.45, 2.75) is 30.6 Å². The van der Waals surface area contributed by atoms with Gasteiger partial charge in [0, 0.05) is 35.5 Å². The molecule has 1 aromatic heterocycles. The second-order valence-corrected chi connectivity index (χ2v) is 6.51. The minimum atomic E-state index is 0.0462. The van der Waals surface area contributed by atoms with Crippen LogP contribution in [0.4, 0.5) is 5.69 Å². The molecule has 1 heterocycles. The number of nitrogens with one attached hydrogen (secondary N) is 1. The minimum Gasteiger partial charge on any atom is -0.380 e. The van der Waals surface area contributed by atoms with E-state index in [2.05, 4.69) is 17.6 Å². The Morgan fingerprint density at radius 2 is 2.10 bits per heavy atom. The van der Waals surface area contributed by atoms with E-state index in [4.69, 9.17) is 0 Å². The maximum Gasteiger partial charge on any atom is 0.252 e. The van der Waals surface area contributed by atoms with E-state index in [1.54, 1.807) is 10.6 Å². The molecule has 1 aromatic carbocycles. The van der Waals surface area contributed by atoms with Crippen molar-refractivity contribution in [1.82, 2.24) is 4.57 Å². The van der Waals surface area contributed by atoms with Crippen molar-refractivity contribution < 1.29 is 0 Å². The number of fused-ring (bicyclic) bond motifs is 1. The van der Waals surface area contributed by atoms with Crippen LogP contribution in [0.25, 0.3) is 10.9 Å². The second kappa shape index (κ2) is 5.52. The molecule has 0 spiro atoms. The number of para-hydroxylation sites is 1. The highest BCUT2D eigenvalue weighted by atomic mass is 32.2. The zero-order chi connectivity index (χ0) is 14.1. The van der Waals surface area contributed by atoms with Gasteiger partial charge in [-0.2, -0.15) is 11.8 Å². The summed E-state index contributed by atoms with van der Waals surface area (Å²) in [7, 11) is 1.83. The first-order valence-corrected chi connectivity index (χ1v) is 8.37. The molecule has 0 amide bonds. The summed E-state index contributed by atoms with van der Waals surface area (Å²) in [6, 6.07) is 10.3.